The Morgan fingerprint density at radius 2 is 1.67 bits per heavy atom. The van der Waals surface area contributed by atoms with Crippen molar-refractivity contribution in [2.45, 2.75) is 26.2 Å². The van der Waals surface area contributed by atoms with Crippen LogP contribution in [0.1, 0.15) is 26.2 Å². The minimum absolute atomic E-state index is 0. The largest absolute Gasteiger partial charge is 0.330 e. The van der Waals surface area contributed by atoms with Gasteiger partial charge >= 0.3 is 0 Å². The molecule has 2 aliphatic heterocycles. The molecule has 2 aliphatic rings. The molecule has 0 aromatic carbocycles. The summed E-state index contributed by atoms with van der Waals surface area (Å²) in [4.78, 5) is 0. The summed E-state index contributed by atoms with van der Waals surface area (Å²) in [5.41, 5.74) is 5.62. The Balaban J connectivity index is 0.00000162. The molecule has 0 radical (unpaired) electrons. The quantitative estimate of drug-likeness (QED) is 0.832. The average Bonchev–Trinajstić information content (AvgIpc) is 2.77. The third-order valence-corrected chi connectivity index (χ3v) is 5.95. The topological polar surface area (TPSA) is 66.6 Å². The Morgan fingerprint density at radius 3 is 2.11 bits per heavy atom. The number of piperidine rings is 1. The minimum atomic E-state index is -3.20. The Morgan fingerprint density at radius 1 is 1.11 bits per heavy atom. The molecule has 0 aromatic rings. The van der Waals surface area contributed by atoms with Crippen LogP contribution in [-0.4, -0.2) is 49.8 Å². The fourth-order valence-electron chi connectivity index (χ4n) is 2.64. The minimum Gasteiger partial charge on any atom is -0.330 e. The highest BCUT2D eigenvalue weighted by Gasteiger charge is 2.35. The SMILES string of the molecule is CC1CCN(S(=O)(=O)N2CCC(CN)CC2)C1.Cl. The van der Waals surface area contributed by atoms with Crippen molar-refractivity contribution in [2.24, 2.45) is 17.6 Å². The zero-order chi connectivity index (χ0) is 12.5. The fraction of sp³-hybridized carbons (Fsp3) is 1.00. The van der Waals surface area contributed by atoms with E-state index < -0.39 is 10.2 Å². The lowest BCUT2D eigenvalue weighted by atomic mass is 9.99. The molecule has 0 aliphatic carbocycles. The molecular weight excluding hydrogens is 274 g/mol. The lowest BCUT2D eigenvalue weighted by molar-refractivity contribution is 0.262. The van der Waals surface area contributed by atoms with Crippen molar-refractivity contribution < 1.29 is 8.42 Å². The highest BCUT2D eigenvalue weighted by molar-refractivity contribution is 7.86. The molecular formula is C11H24ClN3O2S. The van der Waals surface area contributed by atoms with E-state index in [1.165, 1.54) is 0 Å². The lowest BCUT2D eigenvalue weighted by Crippen LogP contribution is -2.47. The van der Waals surface area contributed by atoms with E-state index in [0.29, 0.717) is 44.6 Å². The first-order chi connectivity index (χ1) is 8.04. The second-order valence-electron chi connectivity index (χ2n) is 5.34. The van der Waals surface area contributed by atoms with Gasteiger partial charge in [0.15, 0.2) is 0 Å². The Labute approximate surface area is 116 Å². The summed E-state index contributed by atoms with van der Waals surface area (Å²) >= 11 is 0. The van der Waals surface area contributed by atoms with Gasteiger partial charge in [-0.1, -0.05) is 6.92 Å². The summed E-state index contributed by atoms with van der Waals surface area (Å²) in [7, 11) is -3.20. The van der Waals surface area contributed by atoms with Gasteiger partial charge in [-0.2, -0.15) is 17.0 Å². The van der Waals surface area contributed by atoms with Gasteiger partial charge in [-0.3, -0.25) is 0 Å². The zero-order valence-electron chi connectivity index (χ0n) is 10.9. The summed E-state index contributed by atoms with van der Waals surface area (Å²) in [5.74, 6) is 0.991. The summed E-state index contributed by atoms with van der Waals surface area (Å²) < 4.78 is 28.0. The molecule has 2 heterocycles. The molecule has 2 fully saturated rings. The molecule has 18 heavy (non-hydrogen) atoms. The van der Waals surface area contributed by atoms with Crippen LogP contribution in [0.2, 0.25) is 0 Å². The van der Waals surface area contributed by atoms with Crippen LogP contribution in [0.25, 0.3) is 0 Å². The van der Waals surface area contributed by atoms with Crippen molar-refractivity contribution in [3.05, 3.63) is 0 Å². The van der Waals surface area contributed by atoms with Gasteiger partial charge in [-0.25, -0.2) is 0 Å². The highest BCUT2D eigenvalue weighted by Crippen LogP contribution is 2.24. The van der Waals surface area contributed by atoms with Crippen LogP contribution in [0.5, 0.6) is 0 Å². The molecule has 1 atom stereocenters. The van der Waals surface area contributed by atoms with Crippen LogP contribution >= 0.6 is 12.4 Å². The lowest BCUT2D eigenvalue weighted by Gasteiger charge is -2.33. The van der Waals surface area contributed by atoms with E-state index in [4.69, 9.17) is 5.73 Å². The van der Waals surface area contributed by atoms with E-state index in [1.807, 2.05) is 0 Å². The van der Waals surface area contributed by atoms with Gasteiger partial charge in [-0.15, -0.1) is 12.4 Å². The number of hydrogen-bond acceptors (Lipinski definition) is 3. The first-order valence-electron chi connectivity index (χ1n) is 6.49. The number of hydrogen-bond donors (Lipinski definition) is 1. The normalized spacial score (nSPS) is 28.2. The molecule has 0 amide bonds. The summed E-state index contributed by atoms with van der Waals surface area (Å²) in [6, 6.07) is 0. The average molecular weight is 298 g/mol. The van der Waals surface area contributed by atoms with Gasteiger partial charge in [0, 0.05) is 26.2 Å². The van der Waals surface area contributed by atoms with Crippen molar-refractivity contribution in [2.75, 3.05) is 32.7 Å². The number of rotatable bonds is 3. The molecule has 7 heteroatoms. The standard InChI is InChI=1S/C11H23N3O2S.ClH/c1-10-2-5-14(9-10)17(15,16)13-6-3-11(8-12)4-7-13;/h10-11H,2-9,12H2,1H3;1H. The van der Waals surface area contributed by atoms with Crippen LogP contribution in [0, 0.1) is 11.8 Å². The van der Waals surface area contributed by atoms with E-state index in [2.05, 4.69) is 6.92 Å². The molecule has 2 saturated heterocycles. The van der Waals surface area contributed by atoms with Crippen molar-refractivity contribution in [1.82, 2.24) is 8.61 Å². The first-order valence-corrected chi connectivity index (χ1v) is 7.89. The smallest absolute Gasteiger partial charge is 0.281 e. The summed E-state index contributed by atoms with van der Waals surface area (Å²) in [5, 5.41) is 0. The molecule has 5 nitrogen and oxygen atoms in total. The Bertz CT molecular complexity index is 355. The number of nitrogens with zero attached hydrogens (tertiary/aromatic N) is 2. The molecule has 0 saturated carbocycles. The van der Waals surface area contributed by atoms with E-state index in [1.54, 1.807) is 8.61 Å². The van der Waals surface area contributed by atoms with Gasteiger partial charge in [0.2, 0.25) is 0 Å². The third-order valence-electron chi connectivity index (χ3n) is 3.95. The van der Waals surface area contributed by atoms with Crippen LogP contribution in [0.4, 0.5) is 0 Å². The molecule has 2 rings (SSSR count). The summed E-state index contributed by atoms with van der Waals surface area (Å²) in [6.45, 7) is 5.41. The molecule has 2 N–H and O–H groups in total. The first kappa shape index (κ1) is 16.2. The van der Waals surface area contributed by atoms with Crippen LogP contribution < -0.4 is 5.73 Å². The van der Waals surface area contributed by atoms with Gasteiger partial charge in [0.05, 0.1) is 0 Å². The van der Waals surface area contributed by atoms with E-state index in [9.17, 15) is 8.42 Å². The van der Waals surface area contributed by atoms with Crippen molar-refractivity contribution in [1.29, 1.82) is 0 Å². The maximum atomic E-state index is 12.3. The van der Waals surface area contributed by atoms with E-state index in [-0.39, 0.29) is 12.4 Å². The van der Waals surface area contributed by atoms with Crippen LogP contribution in [0.15, 0.2) is 0 Å². The number of halogens is 1. The molecule has 0 spiro atoms. The highest BCUT2D eigenvalue weighted by atomic mass is 35.5. The van der Waals surface area contributed by atoms with Crippen molar-refractivity contribution >= 4 is 22.6 Å². The van der Waals surface area contributed by atoms with Gasteiger partial charge < -0.3 is 5.73 Å². The predicted octanol–water partition coefficient (Wildman–Crippen LogP) is 0.666. The summed E-state index contributed by atoms with van der Waals surface area (Å²) in [6.07, 6.45) is 2.79. The fourth-order valence-corrected chi connectivity index (χ4v) is 4.42. The van der Waals surface area contributed by atoms with Crippen LogP contribution in [-0.2, 0) is 10.2 Å². The Hall–Kier alpha value is 0.120. The van der Waals surface area contributed by atoms with Crippen molar-refractivity contribution in [3.63, 3.8) is 0 Å². The van der Waals surface area contributed by atoms with Crippen LogP contribution in [0.3, 0.4) is 0 Å². The third kappa shape index (κ3) is 3.36. The maximum absolute atomic E-state index is 12.3. The molecule has 1 unspecified atom stereocenters. The number of nitrogens with two attached hydrogens (primary N) is 1. The van der Waals surface area contributed by atoms with Crippen molar-refractivity contribution in [3.8, 4) is 0 Å². The van der Waals surface area contributed by atoms with Gasteiger partial charge in [0.1, 0.15) is 0 Å². The monoisotopic (exact) mass is 297 g/mol. The molecule has 108 valence electrons. The zero-order valence-corrected chi connectivity index (χ0v) is 12.5. The Kier molecular flexibility index (Phi) is 5.86. The maximum Gasteiger partial charge on any atom is 0.281 e. The molecule has 0 aromatic heterocycles. The predicted molar refractivity (Wildman–Crippen MR) is 74.9 cm³/mol. The second-order valence-corrected chi connectivity index (χ2v) is 7.27. The van der Waals surface area contributed by atoms with Gasteiger partial charge in [0.25, 0.3) is 10.2 Å². The second kappa shape index (κ2) is 6.52. The van der Waals surface area contributed by atoms with E-state index in [0.717, 1.165) is 19.3 Å². The van der Waals surface area contributed by atoms with Gasteiger partial charge in [-0.05, 0) is 37.6 Å². The van der Waals surface area contributed by atoms with E-state index >= 15 is 0 Å². The molecule has 0 bridgehead atoms.